The predicted octanol–water partition coefficient (Wildman–Crippen LogP) is 0.799. The zero-order chi connectivity index (χ0) is 17.3. The lowest BCUT2D eigenvalue weighted by Crippen LogP contribution is -2.55. The third kappa shape index (κ3) is 3.76. The number of carbonyl (C=O) groups is 1. The van der Waals surface area contributed by atoms with Gasteiger partial charge in [0.15, 0.2) is 0 Å². The van der Waals surface area contributed by atoms with Crippen molar-refractivity contribution in [3.8, 4) is 0 Å². The molecule has 24 heavy (non-hydrogen) atoms. The topological polar surface area (TPSA) is 69.7 Å². The zero-order valence-corrected chi connectivity index (χ0v) is 14.4. The molecular formula is C16H22FN3O3S. The van der Waals surface area contributed by atoms with E-state index >= 15 is 0 Å². The van der Waals surface area contributed by atoms with Gasteiger partial charge >= 0.3 is 0 Å². The first-order valence-electron chi connectivity index (χ1n) is 8.18. The van der Waals surface area contributed by atoms with E-state index in [0.29, 0.717) is 32.2 Å². The second kappa shape index (κ2) is 6.78. The normalized spacial score (nSPS) is 21.4. The molecule has 3 rings (SSSR count). The van der Waals surface area contributed by atoms with Gasteiger partial charge in [-0.15, -0.1) is 0 Å². The van der Waals surface area contributed by atoms with Crippen molar-refractivity contribution in [1.29, 1.82) is 0 Å². The highest BCUT2D eigenvalue weighted by molar-refractivity contribution is 7.89. The largest absolute Gasteiger partial charge is 0.352 e. The standard InChI is InChI=1S/C16H22FN3O3S/c1-12(16(21)18-14-4-5-14)19-8-10-20(11-9-19)24(22,23)15-6-2-13(17)3-7-15/h2-3,6-7,12,14H,4-5,8-11H2,1H3,(H,18,21)/t12-/m1/s1. The lowest BCUT2D eigenvalue weighted by atomic mass is 10.2. The molecule has 1 saturated heterocycles. The van der Waals surface area contributed by atoms with Crippen LogP contribution in [0.15, 0.2) is 29.2 Å². The van der Waals surface area contributed by atoms with Gasteiger partial charge in [-0.25, -0.2) is 12.8 Å². The van der Waals surface area contributed by atoms with E-state index in [1.165, 1.54) is 16.4 Å². The molecule has 2 fully saturated rings. The first kappa shape index (κ1) is 17.3. The summed E-state index contributed by atoms with van der Waals surface area (Å²) >= 11 is 0. The smallest absolute Gasteiger partial charge is 0.243 e. The highest BCUT2D eigenvalue weighted by atomic mass is 32.2. The second-order valence-electron chi connectivity index (χ2n) is 6.35. The third-order valence-corrected chi connectivity index (χ3v) is 6.49. The van der Waals surface area contributed by atoms with Gasteiger partial charge in [0.2, 0.25) is 15.9 Å². The maximum atomic E-state index is 13.0. The summed E-state index contributed by atoms with van der Waals surface area (Å²) in [4.78, 5) is 14.2. The second-order valence-corrected chi connectivity index (χ2v) is 8.29. The van der Waals surface area contributed by atoms with E-state index in [2.05, 4.69) is 5.32 Å². The first-order valence-corrected chi connectivity index (χ1v) is 9.62. The molecule has 1 heterocycles. The first-order chi connectivity index (χ1) is 11.4. The number of nitrogens with zero attached hydrogens (tertiary/aromatic N) is 2. The number of rotatable bonds is 5. The lowest BCUT2D eigenvalue weighted by Gasteiger charge is -2.36. The number of sulfonamides is 1. The number of nitrogens with one attached hydrogen (secondary N) is 1. The van der Waals surface area contributed by atoms with Crippen molar-refractivity contribution < 1.29 is 17.6 Å². The molecule has 1 aliphatic carbocycles. The van der Waals surface area contributed by atoms with E-state index in [4.69, 9.17) is 0 Å². The van der Waals surface area contributed by atoms with Gasteiger partial charge in [0.25, 0.3) is 0 Å². The zero-order valence-electron chi connectivity index (χ0n) is 13.6. The summed E-state index contributed by atoms with van der Waals surface area (Å²) in [6.07, 6.45) is 2.09. The van der Waals surface area contributed by atoms with Crippen LogP contribution in [0, 0.1) is 5.82 Å². The minimum absolute atomic E-state index is 0.00680. The van der Waals surface area contributed by atoms with Crippen LogP contribution in [-0.2, 0) is 14.8 Å². The fourth-order valence-electron chi connectivity index (χ4n) is 2.80. The Morgan fingerprint density at radius 2 is 1.75 bits per heavy atom. The molecule has 1 aromatic rings. The van der Waals surface area contributed by atoms with Crippen molar-refractivity contribution >= 4 is 15.9 Å². The fourth-order valence-corrected chi connectivity index (χ4v) is 4.22. The highest BCUT2D eigenvalue weighted by Crippen LogP contribution is 2.21. The van der Waals surface area contributed by atoms with Crippen LogP contribution >= 0.6 is 0 Å². The summed E-state index contributed by atoms with van der Waals surface area (Å²) in [6.45, 7) is 3.49. The molecule has 1 amide bonds. The Morgan fingerprint density at radius 3 is 2.29 bits per heavy atom. The molecule has 0 radical (unpaired) electrons. The van der Waals surface area contributed by atoms with E-state index < -0.39 is 15.8 Å². The van der Waals surface area contributed by atoms with E-state index in [1.807, 2.05) is 11.8 Å². The maximum Gasteiger partial charge on any atom is 0.243 e. The van der Waals surface area contributed by atoms with Crippen molar-refractivity contribution in [1.82, 2.24) is 14.5 Å². The minimum Gasteiger partial charge on any atom is -0.352 e. The van der Waals surface area contributed by atoms with Crippen LogP contribution < -0.4 is 5.32 Å². The Labute approximate surface area is 141 Å². The number of benzene rings is 1. The fraction of sp³-hybridized carbons (Fsp3) is 0.562. The van der Waals surface area contributed by atoms with Gasteiger partial charge in [0.1, 0.15) is 5.82 Å². The number of carbonyl (C=O) groups excluding carboxylic acids is 1. The Morgan fingerprint density at radius 1 is 1.17 bits per heavy atom. The van der Waals surface area contributed by atoms with E-state index in [9.17, 15) is 17.6 Å². The molecule has 0 unspecified atom stereocenters. The van der Waals surface area contributed by atoms with Gasteiger partial charge in [-0.1, -0.05) is 0 Å². The predicted molar refractivity (Wildman–Crippen MR) is 87.4 cm³/mol. The van der Waals surface area contributed by atoms with Crippen LogP contribution in [0.4, 0.5) is 4.39 Å². The third-order valence-electron chi connectivity index (χ3n) is 4.58. The Bertz CT molecular complexity index is 696. The molecular weight excluding hydrogens is 333 g/mol. The van der Waals surface area contributed by atoms with Crippen LogP contribution in [0.3, 0.4) is 0 Å². The molecule has 1 aromatic carbocycles. The summed E-state index contributed by atoms with van der Waals surface area (Å²) in [5, 5.41) is 2.98. The monoisotopic (exact) mass is 355 g/mol. The van der Waals surface area contributed by atoms with Crippen LogP contribution in [0.2, 0.25) is 0 Å². The summed E-state index contributed by atoms with van der Waals surface area (Å²) in [5.41, 5.74) is 0. The molecule has 6 nitrogen and oxygen atoms in total. The number of halogens is 1. The molecule has 132 valence electrons. The summed E-state index contributed by atoms with van der Waals surface area (Å²) in [6, 6.07) is 4.91. The van der Waals surface area contributed by atoms with Crippen molar-refractivity contribution in [2.45, 2.75) is 36.7 Å². The Hall–Kier alpha value is -1.51. The lowest BCUT2D eigenvalue weighted by molar-refractivity contribution is -0.126. The molecule has 1 atom stereocenters. The van der Waals surface area contributed by atoms with Crippen LogP contribution in [-0.4, -0.2) is 61.8 Å². The number of amides is 1. The van der Waals surface area contributed by atoms with Crippen LogP contribution in [0.1, 0.15) is 19.8 Å². The number of hydrogen-bond acceptors (Lipinski definition) is 4. The Kier molecular flexibility index (Phi) is 4.89. The van der Waals surface area contributed by atoms with Gasteiger partial charge in [-0.05, 0) is 44.0 Å². The molecule has 1 aliphatic heterocycles. The van der Waals surface area contributed by atoms with Gasteiger partial charge in [-0.3, -0.25) is 9.69 Å². The summed E-state index contributed by atoms with van der Waals surface area (Å²) in [5.74, 6) is -0.457. The maximum absolute atomic E-state index is 13.0. The molecule has 8 heteroatoms. The van der Waals surface area contributed by atoms with Crippen molar-refractivity contribution in [3.63, 3.8) is 0 Å². The molecule has 1 saturated carbocycles. The van der Waals surface area contributed by atoms with E-state index in [-0.39, 0.29) is 16.8 Å². The van der Waals surface area contributed by atoms with Crippen LogP contribution in [0.25, 0.3) is 0 Å². The average molecular weight is 355 g/mol. The SMILES string of the molecule is C[C@H](C(=O)NC1CC1)N1CCN(S(=O)(=O)c2ccc(F)cc2)CC1. The van der Waals surface area contributed by atoms with Crippen molar-refractivity contribution in [3.05, 3.63) is 30.1 Å². The Balaban J connectivity index is 1.59. The quantitative estimate of drug-likeness (QED) is 0.848. The van der Waals surface area contributed by atoms with Crippen molar-refractivity contribution in [2.24, 2.45) is 0 Å². The average Bonchev–Trinajstić information content (AvgIpc) is 3.38. The van der Waals surface area contributed by atoms with E-state index in [1.54, 1.807) is 0 Å². The van der Waals surface area contributed by atoms with E-state index in [0.717, 1.165) is 25.0 Å². The van der Waals surface area contributed by atoms with Crippen LogP contribution in [0.5, 0.6) is 0 Å². The molecule has 0 aromatic heterocycles. The molecule has 0 spiro atoms. The molecule has 1 N–H and O–H groups in total. The summed E-state index contributed by atoms with van der Waals surface area (Å²) < 4.78 is 39.5. The van der Waals surface area contributed by atoms with Gasteiger partial charge < -0.3 is 5.32 Å². The van der Waals surface area contributed by atoms with Gasteiger partial charge in [0.05, 0.1) is 10.9 Å². The van der Waals surface area contributed by atoms with Gasteiger partial charge in [0, 0.05) is 32.2 Å². The van der Waals surface area contributed by atoms with Gasteiger partial charge in [-0.2, -0.15) is 4.31 Å². The number of piperazine rings is 1. The summed E-state index contributed by atoms with van der Waals surface area (Å²) in [7, 11) is -3.62. The molecule has 0 bridgehead atoms. The van der Waals surface area contributed by atoms with Crippen molar-refractivity contribution in [2.75, 3.05) is 26.2 Å². The molecule has 2 aliphatic rings. The minimum atomic E-state index is -3.62. The number of hydrogen-bond donors (Lipinski definition) is 1. The highest BCUT2D eigenvalue weighted by Gasteiger charge is 2.33.